The van der Waals surface area contributed by atoms with E-state index in [-0.39, 0.29) is 0 Å². The molecule has 2 aromatic rings. The van der Waals surface area contributed by atoms with E-state index in [1.807, 2.05) is 24.3 Å². The molecule has 4 nitrogen and oxygen atoms in total. The van der Waals surface area contributed by atoms with E-state index in [1.165, 1.54) is 6.20 Å². The van der Waals surface area contributed by atoms with E-state index in [0.717, 1.165) is 9.26 Å². The quantitative estimate of drug-likeness (QED) is 0.827. The van der Waals surface area contributed by atoms with Gasteiger partial charge in [-0.1, -0.05) is 0 Å². The third kappa shape index (κ3) is 2.85. The van der Waals surface area contributed by atoms with Crippen LogP contribution in [0.1, 0.15) is 5.56 Å². The van der Waals surface area contributed by atoms with E-state index in [4.69, 9.17) is 11.0 Å². The number of hydrogen-bond donors (Lipinski definition) is 2. The summed E-state index contributed by atoms with van der Waals surface area (Å²) in [4.78, 5) is 4.11. The first-order chi connectivity index (χ1) is 8.19. The molecule has 0 amide bonds. The summed E-state index contributed by atoms with van der Waals surface area (Å²) < 4.78 is 1.15. The molecule has 1 heterocycles. The van der Waals surface area contributed by atoms with Crippen molar-refractivity contribution in [3.05, 3.63) is 45.7 Å². The van der Waals surface area contributed by atoms with Crippen LogP contribution in [0.5, 0.6) is 0 Å². The molecular weight excluding hydrogens is 327 g/mol. The Bertz CT molecular complexity index is 572. The topological polar surface area (TPSA) is 74.7 Å². The van der Waals surface area contributed by atoms with E-state index in [1.54, 1.807) is 6.07 Å². The maximum absolute atomic E-state index is 8.98. The summed E-state index contributed by atoms with van der Waals surface area (Å²) in [6.07, 6.45) is 1.52. The molecule has 0 aliphatic rings. The smallest absolute Gasteiger partial charge is 0.148 e. The molecule has 0 aliphatic carbocycles. The van der Waals surface area contributed by atoms with Gasteiger partial charge in [0.05, 0.1) is 17.4 Å². The molecule has 1 aromatic carbocycles. The predicted octanol–water partition coefficient (Wildman–Crippen LogP) is 2.88. The van der Waals surface area contributed by atoms with Crippen molar-refractivity contribution >= 4 is 39.8 Å². The largest absolute Gasteiger partial charge is 0.397 e. The first-order valence-corrected chi connectivity index (χ1v) is 5.95. The zero-order chi connectivity index (χ0) is 12.3. The Morgan fingerprint density at radius 3 is 2.65 bits per heavy atom. The number of nitrogens with zero attached hydrogens (tertiary/aromatic N) is 2. The highest BCUT2D eigenvalue weighted by molar-refractivity contribution is 14.1. The summed E-state index contributed by atoms with van der Waals surface area (Å²) in [6.45, 7) is 0. The Hall–Kier alpha value is -1.81. The number of anilines is 3. The summed E-state index contributed by atoms with van der Waals surface area (Å²) in [7, 11) is 0. The van der Waals surface area contributed by atoms with E-state index in [2.05, 4.69) is 39.0 Å². The molecule has 17 heavy (non-hydrogen) atoms. The molecule has 0 saturated heterocycles. The van der Waals surface area contributed by atoms with Crippen molar-refractivity contribution in [3.8, 4) is 6.07 Å². The van der Waals surface area contributed by atoms with Crippen LogP contribution in [0.3, 0.4) is 0 Å². The fourth-order valence-corrected chi connectivity index (χ4v) is 1.70. The van der Waals surface area contributed by atoms with Crippen molar-refractivity contribution in [2.45, 2.75) is 0 Å². The zero-order valence-corrected chi connectivity index (χ0v) is 11.0. The van der Waals surface area contributed by atoms with Gasteiger partial charge < -0.3 is 11.1 Å². The van der Waals surface area contributed by atoms with E-state index >= 15 is 0 Å². The van der Waals surface area contributed by atoms with Crippen LogP contribution in [-0.4, -0.2) is 4.98 Å². The van der Waals surface area contributed by atoms with Crippen molar-refractivity contribution in [3.63, 3.8) is 0 Å². The fourth-order valence-electron chi connectivity index (χ4n) is 1.34. The van der Waals surface area contributed by atoms with Gasteiger partial charge in [-0.2, -0.15) is 5.26 Å². The number of nitrogens with two attached hydrogens (primary N) is 1. The Labute approximate surface area is 113 Å². The van der Waals surface area contributed by atoms with E-state index in [0.29, 0.717) is 17.1 Å². The van der Waals surface area contributed by atoms with Gasteiger partial charge in [0.1, 0.15) is 11.9 Å². The lowest BCUT2D eigenvalue weighted by molar-refractivity contribution is 1.29. The van der Waals surface area contributed by atoms with Crippen molar-refractivity contribution < 1.29 is 0 Å². The highest BCUT2D eigenvalue weighted by atomic mass is 127. The van der Waals surface area contributed by atoms with Crippen LogP contribution in [0, 0.1) is 14.9 Å². The highest BCUT2D eigenvalue weighted by Crippen LogP contribution is 2.20. The average Bonchev–Trinajstić information content (AvgIpc) is 2.34. The molecule has 3 N–H and O–H groups in total. The van der Waals surface area contributed by atoms with Gasteiger partial charge in [0.2, 0.25) is 0 Å². The minimum atomic E-state index is 0.434. The molecule has 0 saturated carbocycles. The number of benzene rings is 1. The molecule has 0 atom stereocenters. The maximum Gasteiger partial charge on any atom is 0.148 e. The van der Waals surface area contributed by atoms with Gasteiger partial charge in [0.25, 0.3) is 0 Å². The number of hydrogen-bond acceptors (Lipinski definition) is 4. The lowest BCUT2D eigenvalue weighted by Gasteiger charge is -2.07. The lowest BCUT2D eigenvalue weighted by Crippen LogP contribution is -1.98. The Kier molecular flexibility index (Phi) is 3.44. The summed E-state index contributed by atoms with van der Waals surface area (Å²) in [5, 5.41) is 12.1. The first kappa shape index (κ1) is 11.7. The average molecular weight is 336 g/mol. The Balaban J connectivity index is 2.30. The van der Waals surface area contributed by atoms with Crippen molar-refractivity contribution in [2.24, 2.45) is 0 Å². The van der Waals surface area contributed by atoms with Crippen LogP contribution < -0.4 is 11.1 Å². The van der Waals surface area contributed by atoms with Crippen LogP contribution in [0.4, 0.5) is 17.2 Å². The van der Waals surface area contributed by atoms with Gasteiger partial charge in [-0.25, -0.2) is 4.98 Å². The second-order valence-corrected chi connectivity index (χ2v) is 4.65. The first-order valence-electron chi connectivity index (χ1n) is 4.87. The molecule has 1 aromatic heterocycles. The van der Waals surface area contributed by atoms with Gasteiger partial charge in [0, 0.05) is 9.26 Å². The highest BCUT2D eigenvalue weighted by Gasteiger charge is 2.04. The van der Waals surface area contributed by atoms with Gasteiger partial charge in [-0.15, -0.1) is 0 Å². The molecule has 0 bridgehead atoms. The number of nitriles is 1. The molecular formula is C12H9IN4. The number of nitrogens with one attached hydrogen (secondary N) is 1. The molecule has 5 heteroatoms. The van der Waals surface area contributed by atoms with E-state index in [9.17, 15) is 0 Å². The number of nitrogen functional groups attached to an aromatic ring is 1. The third-order valence-corrected chi connectivity index (χ3v) is 2.86. The molecule has 0 fully saturated rings. The molecule has 0 aliphatic heterocycles. The Morgan fingerprint density at radius 2 is 2.00 bits per heavy atom. The van der Waals surface area contributed by atoms with Crippen molar-refractivity contribution in [1.29, 1.82) is 5.26 Å². The minimum absolute atomic E-state index is 0.434. The second-order valence-electron chi connectivity index (χ2n) is 3.41. The zero-order valence-electron chi connectivity index (χ0n) is 8.81. The predicted molar refractivity (Wildman–Crippen MR) is 75.8 cm³/mol. The molecule has 0 spiro atoms. The van der Waals surface area contributed by atoms with E-state index < -0.39 is 0 Å². The van der Waals surface area contributed by atoms with Crippen LogP contribution in [-0.2, 0) is 0 Å². The summed E-state index contributed by atoms with van der Waals surface area (Å²) in [5.74, 6) is 0.517. The van der Waals surface area contributed by atoms with Crippen LogP contribution in [0.15, 0.2) is 36.5 Å². The number of halogens is 1. The van der Waals surface area contributed by atoms with Crippen LogP contribution in [0.25, 0.3) is 0 Å². The number of aromatic nitrogens is 1. The van der Waals surface area contributed by atoms with Crippen molar-refractivity contribution in [2.75, 3.05) is 11.1 Å². The maximum atomic E-state index is 8.98. The number of pyridine rings is 1. The minimum Gasteiger partial charge on any atom is -0.397 e. The molecule has 0 unspecified atom stereocenters. The molecule has 0 radical (unpaired) electrons. The lowest BCUT2D eigenvalue weighted by atomic mass is 10.2. The van der Waals surface area contributed by atoms with Crippen LogP contribution >= 0.6 is 22.6 Å². The van der Waals surface area contributed by atoms with Gasteiger partial charge in [0.15, 0.2) is 0 Å². The summed E-state index contributed by atoms with van der Waals surface area (Å²) >= 11 is 2.23. The standard InChI is InChI=1S/C12H9IN4/c13-9-1-3-11(4-2-9)17-12-8(6-14)5-10(15)7-16-12/h1-5,7H,15H2,(H,16,17). The molecule has 2 rings (SSSR count). The van der Waals surface area contributed by atoms with Gasteiger partial charge in [-0.05, 0) is 52.9 Å². The fraction of sp³-hybridized carbons (Fsp3) is 0. The molecule has 84 valence electrons. The SMILES string of the molecule is N#Cc1cc(N)cnc1Nc1ccc(I)cc1. The Morgan fingerprint density at radius 1 is 1.29 bits per heavy atom. The second kappa shape index (κ2) is 5.01. The summed E-state index contributed by atoms with van der Waals surface area (Å²) in [5.41, 5.74) is 7.38. The third-order valence-electron chi connectivity index (χ3n) is 2.14. The monoisotopic (exact) mass is 336 g/mol. The van der Waals surface area contributed by atoms with Crippen molar-refractivity contribution in [1.82, 2.24) is 4.98 Å². The van der Waals surface area contributed by atoms with Crippen LogP contribution in [0.2, 0.25) is 0 Å². The van der Waals surface area contributed by atoms with Gasteiger partial charge in [-0.3, -0.25) is 0 Å². The summed E-state index contributed by atoms with van der Waals surface area (Å²) in [6, 6.07) is 11.5. The van der Waals surface area contributed by atoms with Gasteiger partial charge >= 0.3 is 0 Å². The normalized spacial score (nSPS) is 9.65. The number of rotatable bonds is 2.